The van der Waals surface area contributed by atoms with E-state index >= 15 is 0 Å². The number of nitrogens with zero attached hydrogens (tertiary/aromatic N) is 1. The Labute approximate surface area is 162 Å². The van der Waals surface area contributed by atoms with Crippen LogP contribution < -0.4 is 10.0 Å². The fourth-order valence-corrected chi connectivity index (χ4v) is 5.21. The van der Waals surface area contributed by atoms with Crippen LogP contribution in [0.4, 0.5) is 0 Å². The lowest BCUT2D eigenvalue weighted by atomic mass is 10.00. The number of sulfonamides is 1. The zero-order chi connectivity index (χ0) is 20.1. The van der Waals surface area contributed by atoms with E-state index in [9.17, 15) is 23.3 Å². The molecule has 0 aromatic carbocycles. The van der Waals surface area contributed by atoms with E-state index in [1.54, 1.807) is 25.3 Å². The Morgan fingerprint density at radius 1 is 1.37 bits per heavy atom. The monoisotopic (exact) mass is 413 g/mol. The number of nitriles is 1. The zero-order valence-electron chi connectivity index (χ0n) is 15.2. The first-order valence-corrected chi connectivity index (χ1v) is 11.0. The third kappa shape index (κ3) is 5.51. The summed E-state index contributed by atoms with van der Waals surface area (Å²) < 4.78 is 32.1. The summed E-state index contributed by atoms with van der Waals surface area (Å²) in [7, 11) is -3.85. The third-order valence-corrected chi connectivity index (χ3v) is 7.20. The predicted molar refractivity (Wildman–Crippen MR) is 99.2 cm³/mol. The molecule has 0 radical (unpaired) electrons. The van der Waals surface area contributed by atoms with Crippen molar-refractivity contribution in [3.05, 3.63) is 17.5 Å². The second-order valence-electron chi connectivity index (χ2n) is 6.83. The van der Waals surface area contributed by atoms with Crippen molar-refractivity contribution >= 4 is 33.2 Å². The van der Waals surface area contributed by atoms with Crippen LogP contribution in [-0.2, 0) is 24.3 Å². The van der Waals surface area contributed by atoms with Crippen LogP contribution >= 0.6 is 11.3 Å². The minimum Gasteiger partial charge on any atom is -0.454 e. The normalized spacial score (nSPS) is 17.3. The van der Waals surface area contributed by atoms with E-state index in [0.29, 0.717) is 12.8 Å². The lowest BCUT2D eigenvalue weighted by molar-refractivity contribution is -0.151. The minimum atomic E-state index is -3.85. The van der Waals surface area contributed by atoms with Crippen LogP contribution in [0.25, 0.3) is 0 Å². The summed E-state index contributed by atoms with van der Waals surface area (Å²) in [6.07, 6.45) is 2.85. The van der Waals surface area contributed by atoms with Crippen molar-refractivity contribution in [2.24, 2.45) is 5.92 Å². The van der Waals surface area contributed by atoms with E-state index in [1.165, 1.54) is 6.07 Å². The molecule has 1 saturated carbocycles. The molecule has 1 amide bonds. The molecule has 0 saturated heterocycles. The van der Waals surface area contributed by atoms with Crippen LogP contribution in [0.3, 0.4) is 0 Å². The fourth-order valence-electron chi connectivity index (χ4n) is 2.87. The van der Waals surface area contributed by atoms with Gasteiger partial charge in [0.05, 0.1) is 6.07 Å². The summed E-state index contributed by atoms with van der Waals surface area (Å²) >= 11 is 1.04. The molecule has 10 heteroatoms. The summed E-state index contributed by atoms with van der Waals surface area (Å²) in [4.78, 5) is 24.4. The van der Waals surface area contributed by atoms with Crippen molar-refractivity contribution in [2.45, 2.75) is 55.3 Å². The van der Waals surface area contributed by atoms with Gasteiger partial charge in [-0.2, -0.15) is 9.98 Å². The second-order valence-corrected chi connectivity index (χ2v) is 9.72. The summed E-state index contributed by atoms with van der Waals surface area (Å²) in [5.74, 6) is -1.79. The van der Waals surface area contributed by atoms with Crippen molar-refractivity contribution in [3.8, 4) is 6.07 Å². The first kappa shape index (κ1) is 21.3. The van der Waals surface area contributed by atoms with Gasteiger partial charge in [-0.3, -0.25) is 9.59 Å². The third-order valence-electron chi connectivity index (χ3n) is 4.36. The number of hydrogen-bond donors (Lipinski definition) is 2. The number of carbonyl (C=O) groups excluding carboxylic acids is 2. The Balaban J connectivity index is 1.95. The number of amides is 1. The highest BCUT2D eigenvalue weighted by Gasteiger charge is 2.36. The Hall–Kier alpha value is -1.96. The maximum Gasteiger partial charge on any atom is 0.324 e. The van der Waals surface area contributed by atoms with Crippen molar-refractivity contribution in [1.82, 2.24) is 10.0 Å². The highest BCUT2D eigenvalue weighted by Crippen LogP contribution is 2.28. The van der Waals surface area contributed by atoms with Crippen molar-refractivity contribution in [1.29, 1.82) is 5.26 Å². The number of hydrogen-bond acceptors (Lipinski definition) is 7. The highest BCUT2D eigenvalue weighted by molar-refractivity contribution is 7.91. The van der Waals surface area contributed by atoms with E-state index in [1.807, 2.05) is 0 Å². The molecule has 8 nitrogen and oxygen atoms in total. The molecule has 1 aromatic heterocycles. The first-order valence-electron chi connectivity index (χ1n) is 8.64. The van der Waals surface area contributed by atoms with Gasteiger partial charge in [0, 0.05) is 0 Å². The van der Waals surface area contributed by atoms with Gasteiger partial charge in [-0.05, 0) is 43.0 Å². The van der Waals surface area contributed by atoms with Gasteiger partial charge in [-0.15, -0.1) is 11.3 Å². The van der Waals surface area contributed by atoms with Gasteiger partial charge in [0.1, 0.15) is 15.8 Å². The molecule has 2 N–H and O–H groups in total. The van der Waals surface area contributed by atoms with E-state index in [-0.39, 0.29) is 10.1 Å². The number of thiophene rings is 1. The van der Waals surface area contributed by atoms with E-state index < -0.39 is 40.1 Å². The number of ether oxygens (including phenoxy) is 1. The summed E-state index contributed by atoms with van der Waals surface area (Å²) in [5.41, 5.74) is -0.901. The molecule has 1 aromatic rings. The predicted octanol–water partition coefficient (Wildman–Crippen LogP) is 1.55. The standard InChI is InChI=1S/C17H23N3O5S2/c1-12(2)15(20-27(23,24)14-6-5-9-26-14)16(22)25-10-13(21)19-17(11-18)7-3-4-8-17/h5-6,9,12,15,20H,3-4,7-8,10H2,1-2H3,(H,19,21)/t15-/m0/s1. The second kappa shape index (κ2) is 8.82. The molecule has 0 aliphatic heterocycles. The van der Waals surface area contributed by atoms with Gasteiger partial charge >= 0.3 is 5.97 Å². The molecule has 0 unspecified atom stereocenters. The van der Waals surface area contributed by atoms with Gasteiger partial charge in [-0.25, -0.2) is 8.42 Å². The highest BCUT2D eigenvalue weighted by atomic mass is 32.2. The summed E-state index contributed by atoms with van der Waals surface area (Å²) in [5, 5.41) is 13.5. The van der Waals surface area contributed by atoms with E-state index in [4.69, 9.17) is 4.74 Å². The molecular weight excluding hydrogens is 390 g/mol. The quantitative estimate of drug-likeness (QED) is 0.623. The molecule has 1 aliphatic rings. The molecular formula is C17H23N3O5S2. The Kier molecular flexibility index (Phi) is 6.97. The number of esters is 1. The molecule has 1 aliphatic carbocycles. The van der Waals surface area contributed by atoms with Crippen molar-refractivity contribution < 1.29 is 22.7 Å². The average molecular weight is 414 g/mol. The van der Waals surface area contributed by atoms with Crippen molar-refractivity contribution in [3.63, 3.8) is 0 Å². The fraction of sp³-hybridized carbons (Fsp3) is 0.588. The number of nitrogens with one attached hydrogen (secondary N) is 2. The van der Waals surface area contributed by atoms with Gasteiger partial charge in [0.15, 0.2) is 6.61 Å². The van der Waals surface area contributed by atoms with Crippen molar-refractivity contribution in [2.75, 3.05) is 6.61 Å². The molecule has 0 spiro atoms. The molecule has 1 fully saturated rings. The van der Waals surface area contributed by atoms with Crippen LogP contribution in [-0.4, -0.2) is 38.5 Å². The minimum absolute atomic E-state index is 0.0934. The lowest BCUT2D eigenvalue weighted by Crippen LogP contribution is -2.48. The first-order chi connectivity index (χ1) is 12.7. The Morgan fingerprint density at radius 2 is 2.04 bits per heavy atom. The molecule has 27 heavy (non-hydrogen) atoms. The maximum atomic E-state index is 12.3. The topological polar surface area (TPSA) is 125 Å². The van der Waals surface area contributed by atoms with Crippen LogP contribution in [0, 0.1) is 17.2 Å². The van der Waals surface area contributed by atoms with Gasteiger partial charge in [0.25, 0.3) is 15.9 Å². The van der Waals surface area contributed by atoms with Crippen LogP contribution in [0.2, 0.25) is 0 Å². The van der Waals surface area contributed by atoms with Gasteiger partial charge in [0.2, 0.25) is 0 Å². The molecule has 2 rings (SSSR count). The van der Waals surface area contributed by atoms with Crippen LogP contribution in [0.1, 0.15) is 39.5 Å². The van der Waals surface area contributed by atoms with Gasteiger partial charge < -0.3 is 10.1 Å². The Bertz CT molecular complexity index is 806. The number of rotatable bonds is 8. The van der Waals surface area contributed by atoms with Gasteiger partial charge in [-0.1, -0.05) is 19.9 Å². The molecule has 0 bridgehead atoms. The molecule has 1 atom stereocenters. The van der Waals surface area contributed by atoms with Crippen LogP contribution in [0.5, 0.6) is 0 Å². The lowest BCUT2D eigenvalue weighted by Gasteiger charge is -2.23. The zero-order valence-corrected chi connectivity index (χ0v) is 16.9. The largest absolute Gasteiger partial charge is 0.454 e. The SMILES string of the molecule is CC(C)[C@H](NS(=O)(=O)c1cccs1)C(=O)OCC(=O)NC1(C#N)CCCC1. The van der Waals surface area contributed by atoms with E-state index in [0.717, 1.165) is 24.2 Å². The molecule has 148 valence electrons. The van der Waals surface area contributed by atoms with E-state index in [2.05, 4.69) is 16.1 Å². The van der Waals surface area contributed by atoms with Crippen LogP contribution in [0.15, 0.2) is 21.7 Å². The smallest absolute Gasteiger partial charge is 0.324 e. The molecule has 1 heterocycles. The number of carbonyl (C=O) groups is 2. The average Bonchev–Trinajstić information content (AvgIpc) is 3.30. The summed E-state index contributed by atoms with van der Waals surface area (Å²) in [6.45, 7) is 2.78. The summed E-state index contributed by atoms with van der Waals surface area (Å²) in [6, 6.07) is 4.03. The maximum absolute atomic E-state index is 12.3. The Morgan fingerprint density at radius 3 is 2.56 bits per heavy atom.